The molecule has 2 aliphatic carbocycles. The molecule has 1 aromatic carbocycles. The fourth-order valence-corrected chi connectivity index (χ4v) is 7.09. The summed E-state index contributed by atoms with van der Waals surface area (Å²) in [6.45, 7) is 4.01. The molecule has 1 aromatic heterocycles. The molecule has 4 heterocycles. The summed E-state index contributed by atoms with van der Waals surface area (Å²) in [6, 6.07) is 12.2. The Morgan fingerprint density at radius 3 is 2.57 bits per heavy atom. The highest BCUT2D eigenvalue weighted by Gasteiger charge is 2.51. The van der Waals surface area contributed by atoms with Crippen LogP contribution in [-0.2, 0) is 16.1 Å². The summed E-state index contributed by atoms with van der Waals surface area (Å²) >= 11 is 0. The van der Waals surface area contributed by atoms with Gasteiger partial charge < -0.3 is 13.7 Å². The van der Waals surface area contributed by atoms with E-state index in [0.717, 1.165) is 92.6 Å². The number of fused-ring (bicyclic) bond motifs is 3. The number of carbonyl (C=O) groups is 1. The van der Waals surface area contributed by atoms with Gasteiger partial charge in [-0.2, -0.15) is 0 Å². The lowest BCUT2D eigenvalue weighted by atomic mass is 9.73. The van der Waals surface area contributed by atoms with Gasteiger partial charge in [0.15, 0.2) is 11.9 Å². The lowest BCUT2D eigenvalue weighted by Crippen LogP contribution is -2.64. The Morgan fingerprint density at radius 2 is 1.86 bits per heavy atom. The zero-order chi connectivity index (χ0) is 23.7. The maximum absolute atomic E-state index is 13.9. The maximum Gasteiger partial charge on any atom is 0.316 e. The molecular weight excluding hydrogens is 436 g/mol. The summed E-state index contributed by atoms with van der Waals surface area (Å²) in [4.78, 5) is 13.9. The third-order valence-electron chi connectivity index (χ3n) is 9.15. The predicted molar refractivity (Wildman–Crippen MR) is 135 cm³/mol. The van der Waals surface area contributed by atoms with Crippen molar-refractivity contribution in [2.24, 2.45) is 11.3 Å². The lowest BCUT2D eigenvalue weighted by molar-refractivity contribution is -0.958. The van der Waals surface area contributed by atoms with E-state index in [4.69, 9.17) is 9.26 Å². The fraction of sp³-hybridized carbons (Fsp3) is 0.533. The molecule has 0 amide bonds. The van der Waals surface area contributed by atoms with Crippen LogP contribution < -0.4 is 0 Å². The van der Waals surface area contributed by atoms with Crippen LogP contribution in [0.2, 0.25) is 0 Å². The van der Waals surface area contributed by atoms with Gasteiger partial charge in [-0.25, -0.2) is 0 Å². The Bertz CT molecular complexity index is 1100. The van der Waals surface area contributed by atoms with E-state index in [1.807, 2.05) is 18.2 Å². The Balaban J connectivity index is 1.18. The average molecular weight is 474 g/mol. The van der Waals surface area contributed by atoms with Crippen LogP contribution in [0.5, 0.6) is 0 Å². The molecule has 7 rings (SSSR count). The van der Waals surface area contributed by atoms with E-state index in [1.54, 1.807) is 0 Å². The molecule has 5 aliphatic rings. The monoisotopic (exact) mass is 473 g/mol. The van der Waals surface area contributed by atoms with E-state index in [0.29, 0.717) is 5.92 Å². The first-order valence-electron chi connectivity index (χ1n) is 13.6. The minimum Gasteiger partial charge on any atom is -0.455 e. The highest BCUT2D eigenvalue weighted by Crippen LogP contribution is 2.47. The zero-order valence-corrected chi connectivity index (χ0v) is 20.7. The molecule has 2 bridgehead atoms. The van der Waals surface area contributed by atoms with E-state index in [1.165, 1.54) is 18.4 Å². The minimum atomic E-state index is -0.409. The number of allylic oxidation sites excluding steroid dienone is 3. The normalized spacial score (nSPS) is 29.5. The second-order valence-electron chi connectivity index (χ2n) is 11.3. The van der Waals surface area contributed by atoms with Crippen molar-refractivity contribution < 1.29 is 18.5 Å². The molecule has 3 aliphatic heterocycles. The number of hydrogen-bond donors (Lipinski definition) is 0. The molecule has 184 valence electrons. The molecule has 5 nitrogen and oxygen atoms in total. The summed E-state index contributed by atoms with van der Waals surface area (Å²) in [5.74, 6) is 1.37. The van der Waals surface area contributed by atoms with Crippen molar-refractivity contribution >= 4 is 5.97 Å². The van der Waals surface area contributed by atoms with E-state index in [9.17, 15) is 4.79 Å². The number of aromatic nitrogens is 1. The summed E-state index contributed by atoms with van der Waals surface area (Å²) in [6.07, 6.45) is 16.2. The highest BCUT2D eigenvalue weighted by atomic mass is 16.5. The lowest BCUT2D eigenvalue weighted by Gasteiger charge is -2.52. The maximum atomic E-state index is 13.9. The van der Waals surface area contributed by atoms with Crippen molar-refractivity contribution in [1.82, 2.24) is 5.16 Å². The molecule has 1 saturated carbocycles. The minimum absolute atomic E-state index is 0.0144. The van der Waals surface area contributed by atoms with Crippen molar-refractivity contribution in [3.63, 3.8) is 0 Å². The first kappa shape index (κ1) is 22.8. The van der Waals surface area contributed by atoms with Crippen LogP contribution in [0.3, 0.4) is 0 Å². The van der Waals surface area contributed by atoms with Crippen molar-refractivity contribution in [2.45, 2.75) is 70.4 Å². The van der Waals surface area contributed by atoms with Gasteiger partial charge in [-0.05, 0) is 24.8 Å². The van der Waals surface area contributed by atoms with Gasteiger partial charge in [0.05, 0.1) is 18.5 Å². The van der Waals surface area contributed by atoms with Crippen LogP contribution in [0.25, 0.3) is 11.3 Å². The highest BCUT2D eigenvalue weighted by molar-refractivity contribution is 5.81. The van der Waals surface area contributed by atoms with Gasteiger partial charge in [0.1, 0.15) is 18.8 Å². The summed E-state index contributed by atoms with van der Waals surface area (Å²) in [7, 11) is 0. The number of esters is 1. The molecule has 0 unspecified atom stereocenters. The van der Waals surface area contributed by atoms with Crippen LogP contribution in [-0.4, -0.2) is 41.3 Å². The van der Waals surface area contributed by atoms with Crippen molar-refractivity contribution in [3.8, 4) is 11.3 Å². The Hall–Kier alpha value is -2.66. The van der Waals surface area contributed by atoms with Gasteiger partial charge in [-0.1, -0.05) is 79.4 Å². The molecule has 4 fully saturated rings. The number of benzene rings is 1. The second-order valence-corrected chi connectivity index (χ2v) is 11.3. The summed E-state index contributed by atoms with van der Waals surface area (Å²) < 4.78 is 13.1. The van der Waals surface area contributed by atoms with Crippen LogP contribution in [0.15, 0.2) is 64.7 Å². The van der Waals surface area contributed by atoms with Crippen LogP contribution in [0, 0.1) is 11.3 Å². The molecule has 5 heteroatoms. The standard InChI is InChI=1S/C30H37N2O3/c33-29(30(25-12-6-7-13-25)16-8-1-2-9-17-30)34-28-22-32(18-14-24(28)15-19-32)21-26-20-27(35-31-26)23-10-4-3-5-11-23/h3-7,10-12,20,24,28H,1-2,8-9,13-19,21-22H2/q+1/t24?,28-,32?/m0/s1. The van der Waals surface area contributed by atoms with Gasteiger partial charge >= 0.3 is 5.97 Å². The molecule has 35 heavy (non-hydrogen) atoms. The van der Waals surface area contributed by atoms with Gasteiger partial charge in [-0.15, -0.1) is 0 Å². The van der Waals surface area contributed by atoms with E-state index < -0.39 is 5.41 Å². The average Bonchev–Trinajstić information content (AvgIpc) is 3.53. The SMILES string of the molecule is O=C(O[C@H]1C[N+]2(Cc3cc(-c4ccccc4)on3)CCC1CC2)C1(C2=CC=CC2)CCCCCC1. The van der Waals surface area contributed by atoms with Gasteiger partial charge in [0.25, 0.3) is 0 Å². The zero-order valence-electron chi connectivity index (χ0n) is 20.7. The van der Waals surface area contributed by atoms with Gasteiger partial charge in [0.2, 0.25) is 0 Å². The number of carbonyl (C=O) groups excluding carboxylic acids is 1. The predicted octanol–water partition coefficient (Wildman–Crippen LogP) is 6.22. The summed E-state index contributed by atoms with van der Waals surface area (Å²) in [5.41, 5.74) is 2.93. The number of nitrogens with zero attached hydrogens (tertiary/aromatic N) is 2. The molecule has 0 radical (unpaired) electrons. The second kappa shape index (κ2) is 9.42. The molecule has 1 atom stereocenters. The quantitative estimate of drug-likeness (QED) is 0.284. The number of hydrogen-bond acceptors (Lipinski definition) is 4. The van der Waals surface area contributed by atoms with Gasteiger partial charge in [-0.3, -0.25) is 4.79 Å². The smallest absolute Gasteiger partial charge is 0.316 e. The first-order valence-corrected chi connectivity index (χ1v) is 13.6. The fourth-order valence-electron chi connectivity index (χ4n) is 7.09. The molecular formula is C30H37N2O3+. The number of rotatable bonds is 6. The van der Waals surface area contributed by atoms with E-state index in [2.05, 4.69) is 41.6 Å². The number of piperidine rings is 3. The third-order valence-corrected chi connectivity index (χ3v) is 9.15. The number of quaternary nitrogens is 1. The van der Waals surface area contributed by atoms with E-state index in [-0.39, 0.29) is 12.1 Å². The Labute approximate surface area is 208 Å². The molecule has 3 saturated heterocycles. The molecule has 0 N–H and O–H groups in total. The van der Waals surface area contributed by atoms with Crippen LogP contribution in [0.1, 0.15) is 63.5 Å². The Morgan fingerprint density at radius 1 is 1.09 bits per heavy atom. The molecule has 2 aromatic rings. The van der Waals surface area contributed by atoms with Gasteiger partial charge in [0, 0.05) is 30.4 Å². The topological polar surface area (TPSA) is 52.3 Å². The van der Waals surface area contributed by atoms with Crippen molar-refractivity contribution in [2.75, 3.05) is 19.6 Å². The van der Waals surface area contributed by atoms with E-state index >= 15 is 0 Å². The van der Waals surface area contributed by atoms with Crippen molar-refractivity contribution in [3.05, 3.63) is 65.9 Å². The largest absolute Gasteiger partial charge is 0.455 e. The van der Waals surface area contributed by atoms with Crippen molar-refractivity contribution in [1.29, 1.82) is 0 Å². The third kappa shape index (κ3) is 4.40. The summed E-state index contributed by atoms with van der Waals surface area (Å²) in [5, 5.41) is 4.42. The first-order chi connectivity index (χ1) is 17.2. The van der Waals surface area contributed by atoms with Crippen LogP contribution >= 0.6 is 0 Å². The van der Waals surface area contributed by atoms with Crippen LogP contribution in [0.4, 0.5) is 0 Å². The number of ether oxygens (including phenoxy) is 1. The molecule has 0 spiro atoms. The Kier molecular flexibility index (Phi) is 6.13.